The highest BCUT2D eigenvalue weighted by atomic mass is 79.9. The normalized spacial score (nSPS) is 14.5. The van der Waals surface area contributed by atoms with Crippen LogP contribution in [0.5, 0.6) is 23.0 Å². The Hall–Kier alpha value is -1.88. The second-order valence-electron chi connectivity index (χ2n) is 10.7. The van der Waals surface area contributed by atoms with Gasteiger partial charge in [-0.05, 0) is 59.1 Å². The largest absolute Gasteiger partial charge is 0.489 e. The van der Waals surface area contributed by atoms with E-state index >= 15 is 0 Å². The average molecular weight is 578 g/mol. The summed E-state index contributed by atoms with van der Waals surface area (Å²) in [5.74, 6) is 5.05. The lowest BCUT2D eigenvalue weighted by atomic mass is 10.0. The second-order valence-corrected chi connectivity index (χ2v) is 11.6. The van der Waals surface area contributed by atoms with Gasteiger partial charge in [-0.1, -0.05) is 103 Å². The molecule has 0 aliphatic heterocycles. The fraction of sp³-hybridized carbons (Fsp3) is 0.625. The molecule has 0 aliphatic carbocycles. The molecule has 2 aromatic rings. The molecule has 4 atom stereocenters. The summed E-state index contributed by atoms with van der Waals surface area (Å²) in [5, 5.41) is 0. The van der Waals surface area contributed by atoms with Gasteiger partial charge in [0.05, 0.1) is 26.4 Å². The standard InChI is InChI=1S/C32H49BrO4/c1-9-22(5)18-34-29-14-13-26(15-30(29)35-19-23(6)10-2)27-16-31(36-20-24(7)11-3)32(17-28(27)33)37-21-25(8)12-4/h13-17,22-25H,9-12,18-21H2,1-8H3. The third kappa shape index (κ3) is 10.1. The van der Waals surface area contributed by atoms with Crippen LogP contribution in [0.3, 0.4) is 0 Å². The monoisotopic (exact) mass is 576 g/mol. The summed E-state index contributed by atoms with van der Waals surface area (Å²) in [4.78, 5) is 0. The highest BCUT2D eigenvalue weighted by molar-refractivity contribution is 9.10. The molecule has 0 fully saturated rings. The fourth-order valence-electron chi connectivity index (χ4n) is 3.29. The molecule has 0 saturated heterocycles. The van der Waals surface area contributed by atoms with Gasteiger partial charge in [-0.25, -0.2) is 0 Å². The van der Waals surface area contributed by atoms with Gasteiger partial charge in [0.15, 0.2) is 23.0 Å². The maximum atomic E-state index is 6.30. The maximum Gasteiger partial charge on any atom is 0.162 e. The van der Waals surface area contributed by atoms with Crippen LogP contribution in [-0.2, 0) is 0 Å². The van der Waals surface area contributed by atoms with Crippen LogP contribution >= 0.6 is 15.9 Å². The Morgan fingerprint density at radius 1 is 0.541 bits per heavy atom. The number of hydrogen-bond donors (Lipinski definition) is 0. The quantitative estimate of drug-likeness (QED) is 0.188. The van der Waals surface area contributed by atoms with E-state index in [0.29, 0.717) is 50.1 Å². The van der Waals surface area contributed by atoms with E-state index < -0.39 is 0 Å². The number of benzene rings is 2. The van der Waals surface area contributed by atoms with Gasteiger partial charge >= 0.3 is 0 Å². The van der Waals surface area contributed by atoms with Crippen molar-refractivity contribution in [1.29, 1.82) is 0 Å². The summed E-state index contributed by atoms with van der Waals surface area (Å²) in [7, 11) is 0. The van der Waals surface area contributed by atoms with Crippen LogP contribution in [0, 0.1) is 23.7 Å². The summed E-state index contributed by atoms with van der Waals surface area (Å²) in [6.07, 6.45) is 4.30. The van der Waals surface area contributed by atoms with Crippen LogP contribution in [0.1, 0.15) is 81.1 Å². The number of hydrogen-bond acceptors (Lipinski definition) is 4. The van der Waals surface area contributed by atoms with E-state index in [-0.39, 0.29) is 0 Å². The first-order valence-corrected chi connectivity index (χ1v) is 15.0. The average Bonchev–Trinajstić information content (AvgIpc) is 2.92. The smallest absolute Gasteiger partial charge is 0.162 e. The van der Waals surface area contributed by atoms with Gasteiger partial charge in [-0.3, -0.25) is 0 Å². The van der Waals surface area contributed by atoms with Crippen molar-refractivity contribution in [3.05, 3.63) is 34.8 Å². The Morgan fingerprint density at radius 3 is 1.35 bits per heavy atom. The van der Waals surface area contributed by atoms with Gasteiger partial charge in [0.1, 0.15) is 0 Å². The number of ether oxygens (including phenoxy) is 4. The van der Waals surface area contributed by atoms with Crippen LogP contribution < -0.4 is 18.9 Å². The lowest BCUT2D eigenvalue weighted by molar-refractivity contribution is 0.217. The second kappa shape index (κ2) is 16.2. The Balaban J connectivity index is 2.44. The minimum absolute atomic E-state index is 0.469. The first-order chi connectivity index (χ1) is 17.7. The molecule has 0 aliphatic rings. The molecule has 0 amide bonds. The Morgan fingerprint density at radius 2 is 0.919 bits per heavy atom. The summed E-state index contributed by atoms with van der Waals surface area (Å²) >= 11 is 3.80. The molecular formula is C32H49BrO4. The van der Waals surface area contributed by atoms with Crippen LogP contribution in [0.4, 0.5) is 0 Å². The minimum atomic E-state index is 0.469. The zero-order valence-electron chi connectivity index (χ0n) is 24.4. The van der Waals surface area contributed by atoms with E-state index in [1.807, 2.05) is 12.1 Å². The van der Waals surface area contributed by atoms with Crippen molar-refractivity contribution in [3.8, 4) is 34.1 Å². The van der Waals surface area contributed by atoms with Gasteiger partial charge in [0, 0.05) is 4.47 Å². The third-order valence-corrected chi connectivity index (χ3v) is 7.83. The first-order valence-electron chi connectivity index (χ1n) is 14.2. The lowest BCUT2D eigenvalue weighted by Gasteiger charge is -2.20. The van der Waals surface area contributed by atoms with Gasteiger partial charge < -0.3 is 18.9 Å². The number of rotatable bonds is 17. The molecule has 2 aromatic carbocycles. The molecule has 0 saturated carbocycles. The van der Waals surface area contributed by atoms with E-state index in [1.165, 1.54) is 0 Å². The van der Waals surface area contributed by atoms with Crippen molar-refractivity contribution in [1.82, 2.24) is 0 Å². The molecule has 2 rings (SSSR count). The molecule has 4 nitrogen and oxygen atoms in total. The van der Waals surface area contributed by atoms with Crippen LogP contribution in [0.25, 0.3) is 11.1 Å². The number of halogens is 1. The van der Waals surface area contributed by atoms with E-state index in [0.717, 1.165) is 64.3 Å². The first kappa shape index (κ1) is 31.3. The van der Waals surface area contributed by atoms with E-state index in [9.17, 15) is 0 Å². The summed E-state index contributed by atoms with van der Waals surface area (Å²) in [6.45, 7) is 20.2. The van der Waals surface area contributed by atoms with Gasteiger partial charge in [-0.15, -0.1) is 0 Å². The molecule has 0 bridgehead atoms. The molecular weight excluding hydrogens is 528 g/mol. The SMILES string of the molecule is CCC(C)COc1ccc(-c2cc(OCC(C)CC)c(OCC(C)CC)cc2Br)cc1OCC(C)CC. The van der Waals surface area contributed by atoms with E-state index in [4.69, 9.17) is 18.9 Å². The van der Waals surface area contributed by atoms with Gasteiger partial charge in [0.25, 0.3) is 0 Å². The molecule has 0 N–H and O–H groups in total. The van der Waals surface area contributed by atoms with Crippen molar-refractivity contribution in [3.63, 3.8) is 0 Å². The van der Waals surface area contributed by atoms with Crippen molar-refractivity contribution in [2.24, 2.45) is 23.7 Å². The highest BCUT2D eigenvalue weighted by Crippen LogP contribution is 2.42. The van der Waals surface area contributed by atoms with Crippen molar-refractivity contribution in [2.75, 3.05) is 26.4 Å². The van der Waals surface area contributed by atoms with Crippen LogP contribution in [0.2, 0.25) is 0 Å². The molecule has 0 radical (unpaired) electrons. The molecule has 5 heteroatoms. The summed E-state index contributed by atoms with van der Waals surface area (Å²) in [5.41, 5.74) is 2.08. The van der Waals surface area contributed by atoms with Crippen LogP contribution in [-0.4, -0.2) is 26.4 Å². The van der Waals surface area contributed by atoms with Crippen molar-refractivity contribution < 1.29 is 18.9 Å². The van der Waals surface area contributed by atoms with Crippen molar-refractivity contribution >= 4 is 15.9 Å². The van der Waals surface area contributed by atoms with E-state index in [2.05, 4.69) is 89.5 Å². The van der Waals surface area contributed by atoms with Gasteiger partial charge in [0.2, 0.25) is 0 Å². The molecule has 0 heterocycles. The molecule has 37 heavy (non-hydrogen) atoms. The molecule has 4 unspecified atom stereocenters. The zero-order valence-corrected chi connectivity index (χ0v) is 25.9. The topological polar surface area (TPSA) is 36.9 Å². The van der Waals surface area contributed by atoms with Gasteiger partial charge in [-0.2, -0.15) is 0 Å². The Labute approximate surface area is 234 Å². The minimum Gasteiger partial charge on any atom is -0.489 e. The Bertz CT molecular complexity index is 945. The van der Waals surface area contributed by atoms with E-state index in [1.54, 1.807) is 0 Å². The molecule has 0 aromatic heterocycles. The third-order valence-electron chi connectivity index (χ3n) is 7.17. The van der Waals surface area contributed by atoms with Crippen molar-refractivity contribution in [2.45, 2.75) is 81.1 Å². The molecule has 208 valence electrons. The Kier molecular flexibility index (Phi) is 13.7. The molecule has 0 spiro atoms. The fourth-order valence-corrected chi connectivity index (χ4v) is 3.84. The predicted molar refractivity (Wildman–Crippen MR) is 159 cm³/mol. The summed E-state index contributed by atoms with van der Waals surface area (Å²) < 4.78 is 25.9. The maximum absolute atomic E-state index is 6.30. The lowest BCUT2D eigenvalue weighted by Crippen LogP contribution is -2.11. The van der Waals surface area contributed by atoms with Crippen LogP contribution in [0.15, 0.2) is 34.8 Å². The predicted octanol–water partition coefficient (Wildman–Crippen LogP) is 9.82. The zero-order chi connectivity index (χ0) is 27.4. The summed E-state index contributed by atoms with van der Waals surface area (Å²) in [6, 6.07) is 10.3. The highest BCUT2D eigenvalue weighted by Gasteiger charge is 2.17.